The van der Waals surface area contributed by atoms with Crippen molar-refractivity contribution in [2.75, 3.05) is 0 Å². The lowest BCUT2D eigenvalue weighted by atomic mass is 10.1. The molecule has 44 valence electrons. The van der Waals surface area contributed by atoms with Crippen LogP contribution in [0.3, 0.4) is 0 Å². The molecule has 4 radical (unpaired) electrons. The fourth-order valence-electron chi connectivity index (χ4n) is 0.891. The lowest BCUT2D eigenvalue weighted by molar-refractivity contribution is 1.70. The molecule has 0 atom stereocenters. The Kier molecular flexibility index (Phi) is 1.17. The third-order valence-electron chi connectivity index (χ3n) is 1.39. The summed E-state index contributed by atoms with van der Waals surface area (Å²) in [6.45, 7) is 0. The summed E-state index contributed by atoms with van der Waals surface area (Å²) in [5.41, 5.74) is 0. The van der Waals surface area contributed by atoms with Crippen molar-refractivity contribution in [3.05, 3.63) is 48.5 Å². The highest BCUT2D eigenvalue weighted by Gasteiger charge is 1.86. The molecule has 0 aliphatic carbocycles. The molecule has 0 nitrogen and oxygen atoms in total. The molecule has 0 bridgehead atoms. The van der Waals surface area contributed by atoms with Gasteiger partial charge in [0, 0.05) is 0 Å². The van der Waals surface area contributed by atoms with Gasteiger partial charge in [-0.1, -0.05) is 12.1 Å². The Labute approximate surface area is 60.1 Å². The minimum Gasteiger partial charge on any atom is -0.0537 e. The number of fused-ring (bicyclic) bond motifs is 1. The van der Waals surface area contributed by atoms with Crippen LogP contribution in [-0.2, 0) is 0 Å². The summed E-state index contributed by atoms with van der Waals surface area (Å²) in [4.78, 5) is 0. The second-order valence-corrected chi connectivity index (χ2v) is 2.05. The Morgan fingerprint density at radius 1 is 1.00 bits per heavy atom. The molecule has 0 fully saturated rings. The minimum absolute atomic E-state index is 1.04. The van der Waals surface area contributed by atoms with Gasteiger partial charge in [-0.2, -0.15) is 0 Å². The molecule has 2 rings (SSSR count). The highest BCUT2D eigenvalue weighted by atomic mass is 13.9. The molecule has 0 unspecified atom stereocenters. The summed E-state index contributed by atoms with van der Waals surface area (Å²) >= 11 is 0. The molecular formula is C10H4. The van der Waals surface area contributed by atoms with Gasteiger partial charge >= 0.3 is 0 Å². The van der Waals surface area contributed by atoms with Crippen LogP contribution < -0.4 is 0 Å². The molecule has 0 saturated carbocycles. The predicted octanol–water partition coefficient (Wildman–Crippen LogP) is 2.04. The molecule has 2 aromatic rings. The van der Waals surface area contributed by atoms with Crippen molar-refractivity contribution in [3.63, 3.8) is 0 Å². The standard InChI is InChI=1S/C10H4/c1-2-6-10-8-4-3-7-9(10)5-1/h1,5,7-8H. The van der Waals surface area contributed by atoms with Gasteiger partial charge in [0.05, 0.1) is 0 Å². The normalized spacial score (nSPS) is 10.0. The van der Waals surface area contributed by atoms with Crippen molar-refractivity contribution in [2.24, 2.45) is 0 Å². The molecule has 0 spiro atoms. The zero-order valence-corrected chi connectivity index (χ0v) is 5.31. The van der Waals surface area contributed by atoms with Gasteiger partial charge in [-0.3, -0.25) is 0 Å². The largest absolute Gasteiger partial charge is 0.0537 e. The van der Waals surface area contributed by atoms with Crippen LogP contribution in [0.15, 0.2) is 24.3 Å². The third-order valence-corrected chi connectivity index (χ3v) is 1.39. The summed E-state index contributed by atoms with van der Waals surface area (Å²) in [6.07, 6.45) is 0. The maximum Gasteiger partial charge on any atom is -0.00139 e. The average Bonchev–Trinajstić information content (AvgIpc) is 2.05. The molecule has 0 amide bonds. The summed E-state index contributed by atoms with van der Waals surface area (Å²) < 4.78 is 0. The van der Waals surface area contributed by atoms with Crippen molar-refractivity contribution < 1.29 is 0 Å². The zero-order chi connectivity index (χ0) is 6.81. The number of hydrogen-bond donors (Lipinski definition) is 0. The van der Waals surface area contributed by atoms with E-state index in [2.05, 4.69) is 24.3 Å². The van der Waals surface area contributed by atoms with E-state index in [0.717, 1.165) is 10.8 Å². The van der Waals surface area contributed by atoms with E-state index in [0.29, 0.717) is 0 Å². The number of benzene rings is 2. The summed E-state index contributed by atoms with van der Waals surface area (Å²) in [5.74, 6) is 0. The van der Waals surface area contributed by atoms with E-state index < -0.39 is 0 Å². The molecule has 0 aliphatic rings. The maximum atomic E-state index is 2.97. The molecule has 0 heteroatoms. The summed E-state index contributed by atoms with van der Waals surface area (Å²) in [5, 5.41) is 2.18. The van der Waals surface area contributed by atoms with E-state index in [1.165, 1.54) is 0 Å². The quantitative estimate of drug-likeness (QED) is 0.504. The van der Waals surface area contributed by atoms with Crippen molar-refractivity contribution in [1.29, 1.82) is 0 Å². The fourth-order valence-corrected chi connectivity index (χ4v) is 0.891. The Morgan fingerprint density at radius 2 is 1.90 bits per heavy atom. The monoisotopic (exact) mass is 124 g/mol. The van der Waals surface area contributed by atoms with Gasteiger partial charge in [0.2, 0.25) is 0 Å². The van der Waals surface area contributed by atoms with Crippen molar-refractivity contribution >= 4 is 10.8 Å². The summed E-state index contributed by atoms with van der Waals surface area (Å²) in [7, 11) is 0. The molecule has 0 N–H and O–H groups in total. The van der Waals surface area contributed by atoms with Crippen LogP contribution in [0.5, 0.6) is 0 Å². The zero-order valence-electron chi connectivity index (χ0n) is 5.31. The third kappa shape index (κ3) is 0.781. The first-order chi connectivity index (χ1) is 4.97. The van der Waals surface area contributed by atoms with E-state index in [-0.39, 0.29) is 0 Å². The van der Waals surface area contributed by atoms with Crippen LogP contribution in [0.4, 0.5) is 0 Å². The lowest BCUT2D eigenvalue weighted by Crippen LogP contribution is -1.69. The molecular weight excluding hydrogens is 120 g/mol. The maximum absolute atomic E-state index is 2.97. The van der Waals surface area contributed by atoms with Crippen LogP contribution in [0.1, 0.15) is 0 Å². The number of hydrogen-bond acceptors (Lipinski definition) is 0. The number of rotatable bonds is 0. The van der Waals surface area contributed by atoms with E-state index in [1.54, 1.807) is 0 Å². The Balaban J connectivity index is 2.89. The topological polar surface area (TPSA) is 0 Å². The van der Waals surface area contributed by atoms with Crippen LogP contribution in [0.25, 0.3) is 10.8 Å². The van der Waals surface area contributed by atoms with Crippen molar-refractivity contribution in [2.45, 2.75) is 0 Å². The van der Waals surface area contributed by atoms with E-state index in [1.807, 2.05) is 24.3 Å². The van der Waals surface area contributed by atoms with Crippen molar-refractivity contribution in [3.8, 4) is 0 Å². The van der Waals surface area contributed by atoms with Crippen LogP contribution in [0.2, 0.25) is 0 Å². The molecule has 10 heavy (non-hydrogen) atoms. The van der Waals surface area contributed by atoms with E-state index in [9.17, 15) is 0 Å². The lowest BCUT2D eigenvalue weighted by Gasteiger charge is -1.90. The van der Waals surface area contributed by atoms with Gasteiger partial charge in [-0.05, 0) is 47.2 Å². The first kappa shape index (κ1) is 5.48. The Bertz CT molecular complexity index is 271. The second-order valence-electron chi connectivity index (χ2n) is 2.05. The SMILES string of the molecule is [c]1[c]c2c[c][c]cc2cc1. The highest BCUT2D eigenvalue weighted by molar-refractivity contribution is 5.80. The molecule has 2 aromatic carbocycles. The van der Waals surface area contributed by atoms with E-state index >= 15 is 0 Å². The molecule has 0 heterocycles. The van der Waals surface area contributed by atoms with Gasteiger partial charge in [0.15, 0.2) is 0 Å². The van der Waals surface area contributed by atoms with Gasteiger partial charge in [-0.25, -0.2) is 0 Å². The highest BCUT2D eigenvalue weighted by Crippen LogP contribution is 2.09. The van der Waals surface area contributed by atoms with Gasteiger partial charge in [0.1, 0.15) is 0 Å². The van der Waals surface area contributed by atoms with Crippen LogP contribution >= 0.6 is 0 Å². The smallest absolute Gasteiger partial charge is 0.00139 e. The van der Waals surface area contributed by atoms with Gasteiger partial charge in [-0.15, -0.1) is 0 Å². The first-order valence-electron chi connectivity index (χ1n) is 3.07. The second kappa shape index (κ2) is 2.14. The van der Waals surface area contributed by atoms with Crippen molar-refractivity contribution in [1.82, 2.24) is 0 Å². The molecule has 0 saturated heterocycles. The van der Waals surface area contributed by atoms with Crippen LogP contribution in [0, 0.1) is 24.3 Å². The van der Waals surface area contributed by atoms with E-state index in [4.69, 9.17) is 0 Å². The molecule has 0 aliphatic heterocycles. The minimum atomic E-state index is 1.04. The van der Waals surface area contributed by atoms with Crippen LogP contribution in [-0.4, -0.2) is 0 Å². The summed E-state index contributed by atoms with van der Waals surface area (Å²) in [6, 6.07) is 19.2. The Morgan fingerprint density at radius 3 is 2.80 bits per heavy atom. The van der Waals surface area contributed by atoms with Gasteiger partial charge < -0.3 is 0 Å². The first-order valence-corrected chi connectivity index (χ1v) is 3.07. The average molecular weight is 124 g/mol. The Hall–Kier alpha value is -1.30. The van der Waals surface area contributed by atoms with Gasteiger partial charge in [0.25, 0.3) is 0 Å². The fraction of sp³-hybridized carbons (Fsp3) is 0. The predicted molar refractivity (Wildman–Crippen MR) is 39.3 cm³/mol. The molecule has 0 aromatic heterocycles.